The maximum absolute atomic E-state index is 4.79. The Balaban J connectivity index is -0.000000634. The highest BCUT2D eigenvalue weighted by atomic mass is 32.1. The number of allylic oxidation sites excluding steroid dienone is 2. The molecule has 0 amide bonds. The Kier molecular flexibility index (Phi) is 38.1. The van der Waals surface area contributed by atoms with Gasteiger partial charge in [-0.15, -0.1) is 13.2 Å². The number of rotatable bonds is 18. The molecule has 3 N–H and O–H groups in total. The predicted octanol–water partition coefficient (Wildman–Crippen LogP) is 12.4. The van der Waals surface area contributed by atoms with Gasteiger partial charge in [0.05, 0.1) is 0 Å². The second-order valence-corrected chi connectivity index (χ2v) is 12.6. The minimum atomic E-state index is 0.142. The van der Waals surface area contributed by atoms with Gasteiger partial charge < -0.3 is 11.1 Å². The molecule has 1 heterocycles. The summed E-state index contributed by atoms with van der Waals surface area (Å²) >= 11 is 3.55. The van der Waals surface area contributed by atoms with Crippen molar-refractivity contribution in [2.24, 2.45) is 17.1 Å². The number of aryl methyl sites for hydroxylation is 3. The van der Waals surface area contributed by atoms with E-state index in [0.717, 1.165) is 25.8 Å². The van der Waals surface area contributed by atoms with Crippen molar-refractivity contribution in [2.75, 3.05) is 6.54 Å². The van der Waals surface area contributed by atoms with Gasteiger partial charge in [0, 0.05) is 23.5 Å². The molecule has 0 aliphatic heterocycles. The number of nitrogens with two attached hydrogens (primary N) is 1. The molecule has 0 saturated carbocycles. The van der Waals surface area contributed by atoms with E-state index in [4.69, 9.17) is 4.98 Å². The van der Waals surface area contributed by atoms with Gasteiger partial charge in [0.1, 0.15) is 0 Å². The van der Waals surface area contributed by atoms with E-state index < -0.39 is 0 Å². The third-order valence-corrected chi connectivity index (χ3v) is 7.22. The van der Waals surface area contributed by atoms with Crippen molar-refractivity contribution in [3.63, 3.8) is 0 Å². The molecule has 0 aliphatic rings. The first-order valence-electron chi connectivity index (χ1n) is 17.5. The number of nitrogens with one attached hydrogen (secondary N) is 1. The van der Waals surface area contributed by atoms with Crippen LogP contribution in [-0.2, 0) is 12.8 Å². The topological polar surface area (TPSA) is 50.9 Å². The first-order valence-corrected chi connectivity index (χ1v) is 18.0. The summed E-state index contributed by atoms with van der Waals surface area (Å²) in [6, 6.07) is 4.49. The highest BCUT2D eigenvalue weighted by molar-refractivity contribution is 7.83. The number of unbranched alkanes of at least 4 members (excludes halogenated alkanes) is 4. The van der Waals surface area contributed by atoms with E-state index in [-0.39, 0.29) is 11.0 Å². The maximum Gasteiger partial charge on any atom is 0.0407 e. The normalized spacial score (nSPS) is 12.1. The molecule has 0 fully saturated rings. The van der Waals surface area contributed by atoms with Crippen LogP contribution in [-0.4, -0.2) is 17.1 Å². The first-order chi connectivity index (χ1) is 21.0. The standard InChI is InChI=1S/C31H54N2.C3H8.C2H5N.C2H4S.C2H6/c1-9-13-24-31(23-10-2,25-32-30(6,7)8)28(12-4)19-17-15-14-16-18-20-29-22-21-27(11-3)26(5)33-29;1-3-2;2*1-2-3;1-2/h9,12,21-22,28,32H,1,4,10-11,13-20,23-25H2,2-3,5-8H3;3H2,1-2H3;2H,1,3H2;2-3H,1H2;1-2H3. The lowest BCUT2D eigenvalue weighted by Crippen LogP contribution is -2.47. The highest BCUT2D eigenvalue weighted by Gasteiger charge is 2.36. The van der Waals surface area contributed by atoms with Crippen LogP contribution >= 0.6 is 12.6 Å². The second-order valence-electron chi connectivity index (χ2n) is 12.2. The van der Waals surface area contributed by atoms with Crippen molar-refractivity contribution < 1.29 is 0 Å². The van der Waals surface area contributed by atoms with Crippen LogP contribution in [0.2, 0.25) is 0 Å². The molecule has 3 nitrogen and oxygen atoms in total. The smallest absolute Gasteiger partial charge is 0.0407 e. The molecular weight excluding hydrogens is 555 g/mol. The molecule has 0 aromatic carbocycles. The van der Waals surface area contributed by atoms with Gasteiger partial charge >= 0.3 is 0 Å². The Hall–Kier alpha value is -1.78. The monoisotopic (exact) mass is 632 g/mol. The minimum Gasteiger partial charge on any atom is -0.405 e. The van der Waals surface area contributed by atoms with Crippen LogP contribution in [0.4, 0.5) is 0 Å². The van der Waals surface area contributed by atoms with Crippen molar-refractivity contribution >= 4 is 12.6 Å². The fraction of sp³-hybridized carbons (Fsp3) is 0.675. The van der Waals surface area contributed by atoms with Gasteiger partial charge in [0.2, 0.25) is 0 Å². The van der Waals surface area contributed by atoms with E-state index in [1.54, 1.807) is 0 Å². The molecule has 0 aliphatic carbocycles. The number of hydrogen-bond donors (Lipinski definition) is 3. The van der Waals surface area contributed by atoms with Crippen molar-refractivity contribution in [3.05, 3.63) is 79.2 Å². The number of thiol groups is 1. The summed E-state index contributed by atoms with van der Waals surface area (Å²) in [4.78, 5) is 4.79. The molecule has 1 aromatic rings. The number of hydrogen-bond acceptors (Lipinski definition) is 4. The summed E-state index contributed by atoms with van der Waals surface area (Å²) in [5.74, 6) is 0.566. The average Bonchev–Trinajstić information content (AvgIpc) is 2.98. The third-order valence-electron chi connectivity index (χ3n) is 7.22. The lowest BCUT2D eigenvalue weighted by Gasteiger charge is -2.42. The summed E-state index contributed by atoms with van der Waals surface area (Å²) in [6.07, 6.45) is 21.6. The fourth-order valence-electron chi connectivity index (χ4n) is 5.16. The molecule has 0 spiro atoms. The Morgan fingerprint density at radius 2 is 1.45 bits per heavy atom. The van der Waals surface area contributed by atoms with Gasteiger partial charge in [-0.25, -0.2) is 0 Å². The summed E-state index contributed by atoms with van der Waals surface area (Å²) in [6.45, 7) is 37.5. The second kappa shape index (κ2) is 34.1. The lowest BCUT2D eigenvalue weighted by molar-refractivity contribution is 0.133. The van der Waals surface area contributed by atoms with Crippen LogP contribution in [0.15, 0.2) is 62.2 Å². The molecule has 0 bridgehead atoms. The zero-order chi connectivity index (χ0) is 34.9. The van der Waals surface area contributed by atoms with E-state index in [2.05, 4.69) is 130 Å². The molecular formula is C40H77N3S. The highest BCUT2D eigenvalue weighted by Crippen LogP contribution is 2.41. The molecule has 0 radical (unpaired) electrons. The maximum atomic E-state index is 4.79. The summed E-state index contributed by atoms with van der Waals surface area (Å²) < 4.78 is 0. The Labute approximate surface area is 283 Å². The molecule has 1 rings (SSSR count). The van der Waals surface area contributed by atoms with Crippen molar-refractivity contribution in [1.29, 1.82) is 0 Å². The van der Waals surface area contributed by atoms with Crippen LogP contribution < -0.4 is 11.1 Å². The van der Waals surface area contributed by atoms with E-state index in [9.17, 15) is 0 Å². The number of aromatic nitrogens is 1. The van der Waals surface area contributed by atoms with Crippen molar-refractivity contribution in [3.8, 4) is 0 Å². The lowest BCUT2D eigenvalue weighted by atomic mass is 9.67. The van der Waals surface area contributed by atoms with Crippen LogP contribution in [0.25, 0.3) is 0 Å². The van der Waals surface area contributed by atoms with Crippen LogP contribution in [0.3, 0.4) is 0 Å². The quantitative estimate of drug-likeness (QED) is 0.0858. The van der Waals surface area contributed by atoms with Crippen LogP contribution in [0.5, 0.6) is 0 Å². The van der Waals surface area contributed by atoms with Crippen molar-refractivity contribution in [2.45, 2.75) is 158 Å². The third kappa shape index (κ3) is 27.7. The largest absolute Gasteiger partial charge is 0.405 e. The van der Waals surface area contributed by atoms with Crippen LogP contribution in [0.1, 0.15) is 150 Å². The predicted molar refractivity (Wildman–Crippen MR) is 209 cm³/mol. The van der Waals surface area contributed by atoms with Gasteiger partial charge in [-0.1, -0.05) is 111 Å². The molecule has 4 heteroatoms. The SMILES string of the molecule is C=CCCC(CCC)(CNC(C)(C)C)C(C=C)CCCCCCCc1ccc(CC)c(C)n1.C=CN.C=CS.CC.CCC. The zero-order valence-electron chi connectivity index (χ0n) is 31.2. The van der Waals surface area contributed by atoms with Gasteiger partial charge in [-0.3, -0.25) is 4.98 Å². The van der Waals surface area contributed by atoms with E-state index >= 15 is 0 Å². The van der Waals surface area contributed by atoms with Crippen LogP contribution in [0, 0.1) is 18.3 Å². The number of nitrogens with zero attached hydrogens (tertiary/aromatic N) is 1. The Morgan fingerprint density at radius 3 is 1.89 bits per heavy atom. The van der Waals surface area contributed by atoms with E-state index in [0.29, 0.717) is 5.92 Å². The molecule has 0 saturated heterocycles. The average molecular weight is 632 g/mol. The Morgan fingerprint density at radius 1 is 0.932 bits per heavy atom. The molecule has 258 valence electrons. The van der Waals surface area contributed by atoms with E-state index in [1.165, 1.54) is 92.8 Å². The van der Waals surface area contributed by atoms with Gasteiger partial charge in [-0.2, -0.15) is 12.6 Å². The Bertz CT molecular complexity index is 790. The summed E-state index contributed by atoms with van der Waals surface area (Å²) in [5, 5.41) is 5.27. The summed E-state index contributed by atoms with van der Waals surface area (Å²) in [5.41, 5.74) is 8.88. The summed E-state index contributed by atoms with van der Waals surface area (Å²) in [7, 11) is 0. The minimum absolute atomic E-state index is 0.142. The van der Waals surface area contributed by atoms with Gasteiger partial charge in [-0.05, 0) is 107 Å². The zero-order valence-corrected chi connectivity index (χ0v) is 32.1. The van der Waals surface area contributed by atoms with Gasteiger partial charge in [0.15, 0.2) is 0 Å². The first kappa shape index (κ1) is 49.1. The molecule has 44 heavy (non-hydrogen) atoms. The van der Waals surface area contributed by atoms with Crippen molar-refractivity contribution in [1.82, 2.24) is 10.3 Å². The molecule has 1 aromatic heterocycles. The van der Waals surface area contributed by atoms with Gasteiger partial charge in [0.25, 0.3) is 0 Å². The number of pyridine rings is 1. The van der Waals surface area contributed by atoms with E-state index in [1.807, 2.05) is 13.8 Å². The fourth-order valence-corrected chi connectivity index (χ4v) is 5.16. The molecule has 2 unspecified atom stereocenters. The molecule has 2 atom stereocenters.